The fraction of sp³-hybridized carbons (Fsp3) is 0.263. The van der Waals surface area contributed by atoms with E-state index in [1.807, 2.05) is 23.6 Å². The number of rotatable bonds is 9. The Bertz CT molecular complexity index is 883. The molecular formula is C19H19BrClN3O2S. The third kappa shape index (κ3) is 5.82. The van der Waals surface area contributed by atoms with Crippen LogP contribution in [0.2, 0.25) is 5.02 Å². The number of thiophene rings is 1. The summed E-state index contributed by atoms with van der Waals surface area (Å²) < 4.78 is 6.47. The van der Waals surface area contributed by atoms with Gasteiger partial charge in [0, 0.05) is 30.1 Å². The lowest BCUT2D eigenvalue weighted by Crippen LogP contribution is -2.26. The van der Waals surface area contributed by atoms with Crippen molar-refractivity contribution in [3.8, 4) is 16.3 Å². The van der Waals surface area contributed by atoms with Crippen molar-refractivity contribution in [3.05, 3.63) is 57.2 Å². The third-order valence-corrected chi connectivity index (χ3v) is 5.60. The monoisotopic (exact) mass is 467 g/mol. The molecule has 0 fully saturated rings. The lowest BCUT2D eigenvalue weighted by atomic mass is 10.2. The van der Waals surface area contributed by atoms with E-state index < -0.39 is 0 Å². The van der Waals surface area contributed by atoms with Crippen molar-refractivity contribution in [2.24, 2.45) is 0 Å². The number of carbonyl (C=O) groups excluding carboxylic acids is 1. The standard InChI is InChI=1S/C19H19BrClN3O2S/c20-14-11-13(21)5-6-16(14)26-9-1-4-18(25)22-8-7-15-19(24-12-23-15)17-3-2-10-27-17/h2-3,5-6,10-12H,1,4,7-9H2,(H,22,25)(H,23,24). The summed E-state index contributed by atoms with van der Waals surface area (Å²) >= 11 is 11.0. The molecule has 0 bridgehead atoms. The summed E-state index contributed by atoms with van der Waals surface area (Å²) in [5.41, 5.74) is 2.00. The van der Waals surface area contributed by atoms with Crippen LogP contribution in [0.15, 0.2) is 46.5 Å². The van der Waals surface area contributed by atoms with E-state index in [2.05, 4.69) is 31.2 Å². The summed E-state index contributed by atoms with van der Waals surface area (Å²) in [5.74, 6) is 0.742. The molecule has 0 saturated heterocycles. The van der Waals surface area contributed by atoms with Crippen molar-refractivity contribution >= 4 is 44.8 Å². The van der Waals surface area contributed by atoms with Gasteiger partial charge in [-0.3, -0.25) is 4.79 Å². The molecule has 142 valence electrons. The number of carbonyl (C=O) groups is 1. The van der Waals surface area contributed by atoms with Gasteiger partial charge in [0.15, 0.2) is 0 Å². The minimum absolute atomic E-state index is 0.0194. The van der Waals surface area contributed by atoms with Crippen LogP contribution in [0, 0.1) is 0 Å². The predicted molar refractivity (Wildman–Crippen MR) is 112 cm³/mol. The SMILES string of the molecule is O=C(CCCOc1ccc(Cl)cc1Br)NCCc1[nH]cnc1-c1cccs1. The second-order valence-electron chi connectivity index (χ2n) is 5.83. The predicted octanol–water partition coefficient (Wildman–Crippen LogP) is 5.07. The summed E-state index contributed by atoms with van der Waals surface area (Å²) in [4.78, 5) is 20.6. The molecule has 8 heteroatoms. The lowest BCUT2D eigenvalue weighted by molar-refractivity contribution is -0.121. The van der Waals surface area contributed by atoms with Crippen LogP contribution < -0.4 is 10.1 Å². The minimum atomic E-state index is 0.0194. The third-order valence-electron chi connectivity index (χ3n) is 3.87. The zero-order chi connectivity index (χ0) is 19.1. The van der Waals surface area contributed by atoms with Crippen LogP contribution in [0.1, 0.15) is 18.5 Å². The largest absolute Gasteiger partial charge is 0.492 e. The Morgan fingerprint density at radius 2 is 2.26 bits per heavy atom. The molecule has 27 heavy (non-hydrogen) atoms. The lowest BCUT2D eigenvalue weighted by Gasteiger charge is -2.09. The molecule has 0 radical (unpaired) electrons. The summed E-state index contributed by atoms with van der Waals surface area (Å²) in [6.45, 7) is 1.04. The molecule has 2 aromatic heterocycles. The zero-order valence-corrected chi connectivity index (χ0v) is 17.7. The first-order valence-corrected chi connectivity index (χ1v) is 10.6. The summed E-state index contributed by atoms with van der Waals surface area (Å²) in [5, 5.41) is 5.62. The second-order valence-corrected chi connectivity index (χ2v) is 8.07. The smallest absolute Gasteiger partial charge is 0.220 e. The molecule has 3 rings (SSSR count). The van der Waals surface area contributed by atoms with Crippen LogP contribution >= 0.6 is 38.9 Å². The topological polar surface area (TPSA) is 67.0 Å². The molecule has 5 nitrogen and oxygen atoms in total. The molecule has 2 heterocycles. The van der Waals surface area contributed by atoms with E-state index in [0.29, 0.717) is 37.4 Å². The van der Waals surface area contributed by atoms with E-state index in [0.717, 1.165) is 26.5 Å². The van der Waals surface area contributed by atoms with Crippen molar-refractivity contribution in [3.63, 3.8) is 0 Å². The quantitative estimate of drug-likeness (QED) is 0.431. The van der Waals surface area contributed by atoms with Crippen molar-refractivity contribution < 1.29 is 9.53 Å². The number of hydrogen-bond acceptors (Lipinski definition) is 4. The first-order valence-electron chi connectivity index (χ1n) is 8.54. The zero-order valence-electron chi connectivity index (χ0n) is 14.5. The van der Waals surface area contributed by atoms with E-state index in [1.165, 1.54) is 0 Å². The number of H-pyrrole nitrogens is 1. The minimum Gasteiger partial charge on any atom is -0.492 e. The van der Waals surface area contributed by atoms with Gasteiger partial charge in [-0.25, -0.2) is 4.98 Å². The maximum atomic E-state index is 12.0. The van der Waals surface area contributed by atoms with Gasteiger partial charge in [0.2, 0.25) is 5.91 Å². The Morgan fingerprint density at radius 3 is 3.04 bits per heavy atom. The highest BCUT2D eigenvalue weighted by molar-refractivity contribution is 9.10. The van der Waals surface area contributed by atoms with Gasteiger partial charge in [-0.15, -0.1) is 11.3 Å². The van der Waals surface area contributed by atoms with Crippen LogP contribution in [-0.2, 0) is 11.2 Å². The van der Waals surface area contributed by atoms with Gasteiger partial charge < -0.3 is 15.0 Å². The molecule has 0 aliphatic carbocycles. The van der Waals surface area contributed by atoms with E-state index >= 15 is 0 Å². The van der Waals surface area contributed by atoms with E-state index in [-0.39, 0.29) is 5.91 Å². The number of aromatic nitrogens is 2. The molecule has 3 aromatic rings. The highest BCUT2D eigenvalue weighted by atomic mass is 79.9. The summed E-state index contributed by atoms with van der Waals surface area (Å²) in [6.07, 6.45) is 3.48. The number of hydrogen-bond donors (Lipinski definition) is 2. The molecule has 1 aromatic carbocycles. The molecule has 0 saturated carbocycles. The molecular weight excluding hydrogens is 450 g/mol. The Kier molecular flexibility index (Phi) is 7.32. The van der Waals surface area contributed by atoms with Crippen molar-refractivity contribution in [2.75, 3.05) is 13.2 Å². The van der Waals surface area contributed by atoms with Crippen LogP contribution in [-0.4, -0.2) is 29.0 Å². The number of nitrogens with one attached hydrogen (secondary N) is 2. The van der Waals surface area contributed by atoms with Crippen molar-refractivity contribution in [1.82, 2.24) is 15.3 Å². The van der Waals surface area contributed by atoms with Crippen LogP contribution in [0.25, 0.3) is 10.6 Å². The van der Waals surface area contributed by atoms with Crippen molar-refractivity contribution in [2.45, 2.75) is 19.3 Å². The molecule has 0 spiro atoms. The van der Waals surface area contributed by atoms with E-state index in [9.17, 15) is 4.79 Å². The fourth-order valence-corrected chi connectivity index (χ4v) is 4.11. The number of imidazole rings is 1. The van der Waals surface area contributed by atoms with Gasteiger partial charge >= 0.3 is 0 Å². The molecule has 2 N–H and O–H groups in total. The number of ether oxygens (including phenoxy) is 1. The maximum Gasteiger partial charge on any atom is 0.220 e. The van der Waals surface area contributed by atoms with Crippen LogP contribution in [0.3, 0.4) is 0 Å². The average molecular weight is 469 g/mol. The van der Waals surface area contributed by atoms with Gasteiger partial charge in [0.05, 0.1) is 22.3 Å². The molecule has 1 amide bonds. The first-order chi connectivity index (χ1) is 13.1. The van der Waals surface area contributed by atoms with Gasteiger partial charge in [-0.2, -0.15) is 0 Å². The van der Waals surface area contributed by atoms with Gasteiger partial charge in [-0.1, -0.05) is 17.7 Å². The van der Waals surface area contributed by atoms with Gasteiger partial charge in [-0.05, 0) is 52.0 Å². The highest BCUT2D eigenvalue weighted by Crippen LogP contribution is 2.28. The highest BCUT2D eigenvalue weighted by Gasteiger charge is 2.10. The Morgan fingerprint density at radius 1 is 1.37 bits per heavy atom. The number of amides is 1. The fourth-order valence-electron chi connectivity index (χ4n) is 2.56. The number of nitrogens with zero attached hydrogens (tertiary/aromatic N) is 1. The first kappa shape index (κ1) is 19.9. The summed E-state index contributed by atoms with van der Waals surface area (Å²) in [6, 6.07) is 9.41. The van der Waals surface area contributed by atoms with Crippen LogP contribution in [0.5, 0.6) is 5.75 Å². The maximum absolute atomic E-state index is 12.0. The molecule has 0 unspecified atom stereocenters. The second kappa shape index (κ2) is 9.92. The Hall–Kier alpha value is -1.83. The number of benzene rings is 1. The average Bonchev–Trinajstić information content (AvgIpc) is 3.31. The molecule has 0 aliphatic heterocycles. The Labute approximate surface area is 175 Å². The van der Waals surface area contributed by atoms with E-state index in [1.54, 1.807) is 29.8 Å². The number of aromatic amines is 1. The van der Waals surface area contributed by atoms with Gasteiger partial charge in [0.25, 0.3) is 0 Å². The Balaban J connectivity index is 1.35. The normalized spacial score (nSPS) is 10.7. The van der Waals surface area contributed by atoms with Crippen LogP contribution in [0.4, 0.5) is 0 Å². The number of halogens is 2. The van der Waals surface area contributed by atoms with E-state index in [4.69, 9.17) is 16.3 Å². The summed E-state index contributed by atoms with van der Waals surface area (Å²) in [7, 11) is 0. The van der Waals surface area contributed by atoms with Gasteiger partial charge in [0.1, 0.15) is 11.4 Å². The van der Waals surface area contributed by atoms with Crippen molar-refractivity contribution in [1.29, 1.82) is 0 Å². The molecule has 0 aliphatic rings. The molecule has 0 atom stereocenters.